The maximum atomic E-state index is 13.8. The highest BCUT2D eigenvalue weighted by Crippen LogP contribution is 2.21. The fourth-order valence-corrected chi connectivity index (χ4v) is 4.35. The molecule has 0 fully saturated rings. The molecular weight excluding hydrogens is 514 g/mol. The third-order valence-corrected chi connectivity index (χ3v) is 6.36. The first-order chi connectivity index (χ1) is 18.3. The molecule has 0 unspecified atom stereocenters. The van der Waals surface area contributed by atoms with Gasteiger partial charge in [-0.05, 0) is 70.3 Å². The van der Waals surface area contributed by atoms with E-state index in [1.54, 1.807) is 6.07 Å². The van der Waals surface area contributed by atoms with Crippen molar-refractivity contribution in [1.82, 2.24) is 30.8 Å². The Bertz CT molecular complexity index is 1370. The number of nitrogens with zero attached hydrogens (tertiary/aromatic N) is 4. The van der Waals surface area contributed by atoms with Crippen LogP contribution in [0.4, 0.5) is 8.78 Å². The number of tetrazole rings is 1. The Morgan fingerprint density at radius 3 is 2.50 bits per heavy atom. The molecule has 0 aliphatic heterocycles. The van der Waals surface area contributed by atoms with Crippen molar-refractivity contribution >= 4 is 17.5 Å². The highest BCUT2D eigenvalue weighted by atomic mass is 35.5. The number of aliphatic hydroxyl groups excluding tert-OH is 1. The third-order valence-electron chi connectivity index (χ3n) is 6.05. The van der Waals surface area contributed by atoms with Crippen molar-refractivity contribution in [3.8, 4) is 5.69 Å². The highest BCUT2D eigenvalue weighted by Gasteiger charge is 2.24. The molecule has 4 rings (SSSR count). The van der Waals surface area contributed by atoms with Gasteiger partial charge in [-0.2, -0.15) is 0 Å². The molecule has 2 atom stereocenters. The van der Waals surface area contributed by atoms with Crippen LogP contribution in [0.3, 0.4) is 0 Å². The standard InChI is InChI=1S/C27H27ClF2N6O2/c1-2-17-4-3-5-18(8-17)14-31-15-26(37)25(11-19-9-20(29)12-21(30)10-19)33-27(38)23-7-6-22(13-24(23)28)36-16-32-34-35-36/h3-10,12-13,16,25-26,31,37H,2,11,14-15H2,1H3,(H,33,38)/t25-,26+/m0/s1. The largest absolute Gasteiger partial charge is 0.390 e. The van der Waals surface area contributed by atoms with E-state index in [-0.39, 0.29) is 23.6 Å². The van der Waals surface area contributed by atoms with Crippen molar-refractivity contribution < 1.29 is 18.7 Å². The molecule has 0 spiro atoms. The van der Waals surface area contributed by atoms with Gasteiger partial charge in [0.05, 0.1) is 28.4 Å². The van der Waals surface area contributed by atoms with Crippen molar-refractivity contribution in [1.29, 1.82) is 0 Å². The molecule has 0 aliphatic carbocycles. The average Bonchev–Trinajstić information content (AvgIpc) is 3.43. The Labute approximate surface area is 223 Å². The van der Waals surface area contributed by atoms with Crippen molar-refractivity contribution in [2.45, 2.75) is 38.5 Å². The number of hydrogen-bond acceptors (Lipinski definition) is 6. The molecule has 0 aliphatic rings. The number of aromatic nitrogens is 4. The number of rotatable bonds is 11. The van der Waals surface area contributed by atoms with Gasteiger partial charge in [0.2, 0.25) is 0 Å². The Kier molecular flexibility index (Phi) is 9.11. The van der Waals surface area contributed by atoms with E-state index in [1.165, 1.54) is 40.8 Å². The van der Waals surface area contributed by atoms with Gasteiger partial charge in [0.15, 0.2) is 0 Å². The Hall–Kier alpha value is -3.73. The molecule has 3 N–H and O–H groups in total. The molecule has 4 aromatic rings. The van der Waals surface area contributed by atoms with Gasteiger partial charge in [0, 0.05) is 19.2 Å². The lowest BCUT2D eigenvalue weighted by Crippen LogP contribution is -2.48. The zero-order chi connectivity index (χ0) is 27.1. The van der Waals surface area contributed by atoms with E-state index in [0.717, 1.165) is 18.1 Å². The third kappa shape index (κ3) is 7.18. The number of nitrogens with one attached hydrogen (secondary N) is 2. The molecule has 0 saturated heterocycles. The van der Waals surface area contributed by atoms with Gasteiger partial charge >= 0.3 is 0 Å². The minimum absolute atomic E-state index is 0.00504. The number of carbonyl (C=O) groups is 1. The molecule has 3 aromatic carbocycles. The predicted octanol–water partition coefficient (Wildman–Crippen LogP) is 3.65. The molecule has 198 valence electrons. The maximum Gasteiger partial charge on any atom is 0.253 e. The van der Waals surface area contributed by atoms with Crippen molar-refractivity contribution in [3.63, 3.8) is 0 Å². The summed E-state index contributed by atoms with van der Waals surface area (Å²) in [5.74, 6) is -2.03. The Morgan fingerprint density at radius 2 is 1.82 bits per heavy atom. The van der Waals surface area contributed by atoms with Crippen molar-refractivity contribution in [2.75, 3.05) is 6.54 Å². The van der Waals surface area contributed by atoms with E-state index >= 15 is 0 Å². The van der Waals surface area contributed by atoms with Gasteiger partial charge in [0.25, 0.3) is 5.91 Å². The van der Waals surface area contributed by atoms with Crippen LogP contribution in [0.1, 0.15) is 34.0 Å². The summed E-state index contributed by atoms with van der Waals surface area (Å²) in [7, 11) is 0. The number of benzene rings is 3. The van der Waals surface area contributed by atoms with Gasteiger partial charge in [0.1, 0.15) is 18.0 Å². The molecule has 1 amide bonds. The average molecular weight is 541 g/mol. The van der Waals surface area contributed by atoms with Crippen LogP contribution in [0, 0.1) is 11.6 Å². The van der Waals surface area contributed by atoms with E-state index in [2.05, 4.69) is 39.1 Å². The minimum atomic E-state index is -1.07. The quantitative estimate of drug-likeness (QED) is 0.268. The summed E-state index contributed by atoms with van der Waals surface area (Å²) < 4.78 is 29.1. The molecular formula is C27H27ClF2N6O2. The lowest BCUT2D eigenvalue weighted by Gasteiger charge is -2.25. The Morgan fingerprint density at radius 1 is 1.05 bits per heavy atom. The summed E-state index contributed by atoms with van der Waals surface area (Å²) in [4.78, 5) is 13.1. The first-order valence-electron chi connectivity index (χ1n) is 12.1. The lowest BCUT2D eigenvalue weighted by molar-refractivity contribution is 0.0830. The fourth-order valence-electron chi connectivity index (χ4n) is 4.09. The lowest BCUT2D eigenvalue weighted by atomic mass is 10.00. The van der Waals surface area contributed by atoms with Crippen LogP contribution in [0.5, 0.6) is 0 Å². The first-order valence-corrected chi connectivity index (χ1v) is 12.5. The summed E-state index contributed by atoms with van der Waals surface area (Å²) >= 11 is 6.37. The molecule has 8 nitrogen and oxygen atoms in total. The normalized spacial score (nSPS) is 12.8. The summed E-state index contributed by atoms with van der Waals surface area (Å²) in [6.45, 7) is 2.71. The molecule has 11 heteroatoms. The van der Waals surface area contributed by atoms with Crippen LogP contribution < -0.4 is 10.6 Å². The Balaban J connectivity index is 1.48. The van der Waals surface area contributed by atoms with Crippen LogP contribution in [-0.4, -0.2) is 49.9 Å². The summed E-state index contributed by atoms with van der Waals surface area (Å²) in [6.07, 6.45) is 1.23. The van der Waals surface area contributed by atoms with Crippen LogP contribution in [0.2, 0.25) is 5.02 Å². The summed E-state index contributed by atoms with van der Waals surface area (Å²) in [5, 5.41) is 28.0. The second kappa shape index (κ2) is 12.7. The zero-order valence-electron chi connectivity index (χ0n) is 20.6. The fraction of sp³-hybridized carbons (Fsp3) is 0.259. The van der Waals surface area contributed by atoms with Crippen LogP contribution in [0.25, 0.3) is 5.69 Å². The van der Waals surface area contributed by atoms with E-state index < -0.39 is 29.7 Å². The van der Waals surface area contributed by atoms with Crippen LogP contribution in [-0.2, 0) is 19.4 Å². The monoisotopic (exact) mass is 540 g/mol. The van der Waals surface area contributed by atoms with Gasteiger partial charge < -0.3 is 15.7 Å². The predicted molar refractivity (Wildman–Crippen MR) is 139 cm³/mol. The highest BCUT2D eigenvalue weighted by molar-refractivity contribution is 6.34. The van der Waals surface area contributed by atoms with E-state index in [1.807, 2.05) is 18.2 Å². The molecule has 0 bridgehead atoms. The van der Waals surface area contributed by atoms with Gasteiger partial charge in [-0.25, -0.2) is 13.5 Å². The van der Waals surface area contributed by atoms with Crippen LogP contribution >= 0.6 is 11.6 Å². The van der Waals surface area contributed by atoms with Gasteiger partial charge in [-0.15, -0.1) is 5.10 Å². The number of aliphatic hydroxyl groups is 1. The van der Waals surface area contributed by atoms with Crippen molar-refractivity contribution in [2.24, 2.45) is 0 Å². The second-order valence-electron chi connectivity index (χ2n) is 8.85. The SMILES string of the molecule is CCc1cccc(CNC[C@@H](O)[C@H](Cc2cc(F)cc(F)c2)NC(=O)c2ccc(-n3cnnn3)cc2Cl)c1. The summed E-state index contributed by atoms with van der Waals surface area (Å²) in [5.41, 5.74) is 3.27. The maximum absolute atomic E-state index is 13.8. The van der Waals surface area contributed by atoms with E-state index in [0.29, 0.717) is 17.8 Å². The molecule has 0 radical (unpaired) electrons. The molecule has 0 saturated carbocycles. The van der Waals surface area contributed by atoms with E-state index in [4.69, 9.17) is 11.6 Å². The van der Waals surface area contributed by atoms with E-state index in [9.17, 15) is 18.7 Å². The number of hydrogen-bond donors (Lipinski definition) is 3. The topological polar surface area (TPSA) is 105 Å². The molecule has 1 heterocycles. The number of halogens is 3. The minimum Gasteiger partial charge on any atom is -0.390 e. The first kappa shape index (κ1) is 27.3. The molecule has 1 aromatic heterocycles. The van der Waals surface area contributed by atoms with Gasteiger partial charge in [-0.1, -0.05) is 42.8 Å². The number of carbonyl (C=O) groups excluding carboxylic acids is 1. The smallest absolute Gasteiger partial charge is 0.253 e. The van der Waals surface area contributed by atoms with Crippen LogP contribution in [0.15, 0.2) is 67.0 Å². The van der Waals surface area contributed by atoms with Gasteiger partial charge in [-0.3, -0.25) is 4.79 Å². The number of aryl methyl sites for hydroxylation is 1. The number of amides is 1. The second-order valence-corrected chi connectivity index (χ2v) is 9.26. The van der Waals surface area contributed by atoms with Crippen molar-refractivity contribution in [3.05, 3.63) is 106 Å². The molecule has 38 heavy (non-hydrogen) atoms. The zero-order valence-corrected chi connectivity index (χ0v) is 21.4. The summed E-state index contributed by atoms with van der Waals surface area (Å²) in [6, 6.07) is 15.0.